The SMILES string of the molecule is COCCCN1CCOc2ccc(CO[C@H]3CNC[C@@H](O)[C@@H]3c3ccc(COC[C@@H](C)CSC)cc3)cc21. The van der Waals surface area contributed by atoms with Gasteiger partial charge in [0, 0.05) is 39.3 Å². The number of benzene rings is 2. The summed E-state index contributed by atoms with van der Waals surface area (Å²) in [5, 5.41) is 14.2. The Bertz CT molecular complexity index is 976. The number of methoxy groups -OCH3 is 1. The van der Waals surface area contributed by atoms with E-state index in [2.05, 4.69) is 59.8 Å². The van der Waals surface area contributed by atoms with Gasteiger partial charge in [-0.05, 0) is 53.2 Å². The summed E-state index contributed by atoms with van der Waals surface area (Å²) >= 11 is 1.85. The monoisotopic (exact) mass is 544 g/mol. The third-order valence-corrected chi connectivity index (χ3v) is 8.13. The molecule has 0 unspecified atom stereocenters. The van der Waals surface area contributed by atoms with E-state index in [1.807, 2.05) is 17.8 Å². The van der Waals surface area contributed by atoms with Crippen LogP contribution in [0.5, 0.6) is 5.75 Å². The Labute approximate surface area is 232 Å². The average Bonchev–Trinajstić information content (AvgIpc) is 2.93. The molecule has 4 rings (SSSR count). The van der Waals surface area contributed by atoms with Gasteiger partial charge in [-0.1, -0.05) is 37.3 Å². The van der Waals surface area contributed by atoms with Gasteiger partial charge in [0.05, 0.1) is 44.3 Å². The Hall–Kier alpha value is -1.81. The van der Waals surface area contributed by atoms with Gasteiger partial charge < -0.3 is 34.3 Å². The number of ether oxygens (including phenoxy) is 4. The van der Waals surface area contributed by atoms with Crippen LogP contribution in [0, 0.1) is 5.92 Å². The molecule has 0 bridgehead atoms. The summed E-state index contributed by atoms with van der Waals surface area (Å²) in [7, 11) is 1.74. The maximum atomic E-state index is 10.9. The van der Waals surface area contributed by atoms with Crippen LogP contribution in [0.15, 0.2) is 42.5 Å². The smallest absolute Gasteiger partial charge is 0.142 e. The van der Waals surface area contributed by atoms with Crippen LogP contribution in [0.3, 0.4) is 0 Å². The molecule has 2 N–H and O–H groups in total. The minimum Gasteiger partial charge on any atom is -0.490 e. The van der Waals surface area contributed by atoms with Crippen molar-refractivity contribution in [1.82, 2.24) is 5.32 Å². The van der Waals surface area contributed by atoms with Crippen LogP contribution in [-0.2, 0) is 27.4 Å². The number of piperidine rings is 1. The van der Waals surface area contributed by atoms with Gasteiger partial charge in [-0.2, -0.15) is 11.8 Å². The Morgan fingerprint density at radius 3 is 2.74 bits per heavy atom. The van der Waals surface area contributed by atoms with Crippen molar-refractivity contribution in [3.05, 3.63) is 59.2 Å². The second-order valence-electron chi connectivity index (χ2n) is 10.4. The highest BCUT2D eigenvalue weighted by Gasteiger charge is 2.34. The van der Waals surface area contributed by atoms with Gasteiger partial charge in [0.25, 0.3) is 0 Å². The summed E-state index contributed by atoms with van der Waals surface area (Å²) in [4.78, 5) is 2.37. The molecule has 0 spiro atoms. The van der Waals surface area contributed by atoms with E-state index in [-0.39, 0.29) is 12.0 Å². The molecule has 38 heavy (non-hydrogen) atoms. The lowest BCUT2D eigenvalue weighted by molar-refractivity contribution is -0.0328. The summed E-state index contributed by atoms with van der Waals surface area (Å²) in [6, 6.07) is 14.8. The maximum absolute atomic E-state index is 10.9. The summed E-state index contributed by atoms with van der Waals surface area (Å²) in [5.74, 6) is 2.50. The van der Waals surface area contributed by atoms with Crippen LogP contribution >= 0.6 is 11.8 Å². The van der Waals surface area contributed by atoms with E-state index < -0.39 is 6.10 Å². The molecule has 2 aromatic rings. The zero-order valence-electron chi connectivity index (χ0n) is 23.1. The fourth-order valence-corrected chi connectivity index (χ4v) is 5.93. The summed E-state index contributed by atoms with van der Waals surface area (Å²) in [5.41, 5.74) is 4.48. The minimum atomic E-state index is -0.503. The average molecular weight is 545 g/mol. The van der Waals surface area contributed by atoms with E-state index in [0.717, 1.165) is 66.6 Å². The number of aliphatic hydroxyl groups is 1. The zero-order chi connectivity index (χ0) is 26.7. The molecule has 4 atom stereocenters. The van der Waals surface area contributed by atoms with Crippen LogP contribution in [0.25, 0.3) is 0 Å². The number of nitrogens with zero attached hydrogens (tertiary/aromatic N) is 1. The molecule has 1 saturated heterocycles. The normalized spacial score (nSPS) is 22.1. The summed E-state index contributed by atoms with van der Waals surface area (Å²) < 4.78 is 23.5. The van der Waals surface area contributed by atoms with Crippen LogP contribution in [0.2, 0.25) is 0 Å². The van der Waals surface area contributed by atoms with Gasteiger partial charge in [0.15, 0.2) is 0 Å². The van der Waals surface area contributed by atoms with Crippen molar-refractivity contribution in [3.63, 3.8) is 0 Å². The standard InChI is InChI=1S/C30H44N2O5S/c1-22(21-38-3)18-35-19-23-5-8-25(9-6-23)30-27(33)16-31-17-29(30)37-20-24-7-10-28-26(15-24)32(12-14-36-28)11-4-13-34-2/h5-10,15,22,27,29-31,33H,4,11-14,16-21H2,1-3H3/t22-,27-,29+,30+/m1/s1. The maximum Gasteiger partial charge on any atom is 0.142 e. The largest absolute Gasteiger partial charge is 0.490 e. The van der Waals surface area contributed by atoms with E-state index >= 15 is 0 Å². The number of aliphatic hydroxyl groups excluding tert-OH is 1. The molecule has 0 radical (unpaired) electrons. The Balaban J connectivity index is 1.37. The Morgan fingerprint density at radius 2 is 1.95 bits per heavy atom. The van der Waals surface area contributed by atoms with E-state index in [9.17, 15) is 5.11 Å². The van der Waals surface area contributed by atoms with E-state index in [0.29, 0.717) is 38.8 Å². The molecule has 0 amide bonds. The third-order valence-electron chi connectivity index (χ3n) is 7.22. The van der Waals surface area contributed by atoms with Gasteiger partial charge >= 0.3 is 0 Å². The number of β-amino-alcohol motifs (C(OH)–C–C–N with tert-alkyl or cyclic N) is 1. The predicted molar refractivity (Wildman–Crippen MR) is 154 cm³/mol. The number of thioether (sulfide) groups is 1. The number of anilines is 1. The zero-order valence-corrected chi connectivity index (χ0v) is 23.9. The molecular formula is C30H44N2O5S. The minimum absolute atomic E-state index is 0.0840. The van der Waals surface area contributed by atoms with Crippen LogP contribution in [0.4, 0.5) is 5.69 Å². The lowest BCUT2D eigenvalue weighted by Gasteiger charge is -2.36. The van der Waals surface area contributed by atoms with Gasteiger partial charge in [-0.15, -0.1) is 0 Å². The van der Waals surface area contributed by atoms with Crippen molar-refractivity contribution < 1.29 is 24.1 Å². The number of fused-ring (bicyclic) bond motifs is 1. The molecule has 210 valence electrons. The third kappa shape index (κ3) is 8.10. The molecule has 2 aromatic carbocycles. The number of nitrogens with one attached hydrogen (secondary N) is 1. The lowest BCUT2D eigenvalue weighted by atomic mass is 9.85. The van der Waals surface area contributed by atoms with Crippen molar-refractivity contribution in [3.8, 4) is 5.75 Å². The highest BCUT2D eigenvalue weighted by molar-refractivity contribution is 7.98. The lowest BCUT2D eigenvalue weighted by Crippen LogP contribution is -2.49. The molecule has 2 aliphatic heterocycles. The predicted octanol–water partition coefficient (Wildman–Crippen LogP) is 4.07. The van der Waals surface area contributed by atoms with E-state index in [4.69, 9.17) is 18.9 Å². The highest BCUT2D eigenvalue weighted by Crippen LogP contribution is 2.34. The van der Waals surface area contributed by atoms with Gasteiger partial charge in [0.2, 0.25) is 0 Å². The van der Waals surface area contributed by atoms with Crippen LogP contribution in [-0.4, -0.2) is 82.4 Å². The van der Waals surface area contributed by atoms with Crippen molar-refractivity contribution in [2.45, 2.75) is 44.7 Å². The van der Waals surface area contributed by atoms with Crippen molar-refractivity contribution in [2.24, 2.45) is 5.92 Å². The Kier molecular flexibility index (Phi) is 11.6. The van der Waals surface area contributed by atoms with E-state index in [1.165, 1.54) is 0 Å². The number of rotatable bonds is 14. The van der Waals surface area contributed by atoms with Gasteiger partial charge in [-0.25, -0.2) is 0 Å². The number of hydrogen-bond acceptors (Lipinski definition) is 8. The van der Waals surface area contributed by atoms with Gasteiger partial charge in [0.1, 0.15) is 12.4 Å². The fraction of sp³-hybridized carbons (Fsp3) is 0.600. The second kappa shape index (κ2) is 15.1. The number of hydrogen-bond donors (Lipinski definition) is 2. The molecule has 8 heteroatoms. The molecule has 0 aromatic heterocycles. The highest BCUT2D eigenvalue weighted by atomic mass is 32.2. The first-order chi connectivity index (χ1) is 18.6. The summed E-state index contributed by atoms with van der Waals surface area (Å²) in [6.45, 7) is 8.61. The van der Waals surface area contributed by atoms with Crippen molar-refractivity contribution in [1.29, 1.82) is 0 Å². The first-order valence-electron chi connectivity index (χ1n) is 13.7. The molecular weight excluding hydrogens is 500 g/mol. The molecule has 0 saturated carbocycles. The molecule has 1 fully saturated rings. The summed E-state index contributed by atoms with van der Waals surface area (Å²) in [6.07, 6.45) is 2.48. The molecule has 2 aliphatic rings. The van der Waals surface area contributed by atoms with Crippen LogP contribution < -0.4 is 15.0 Å². The molecule has 2 heterocycles. The van der Waals surface area contributed by atoms with Gasteiger partial charge in [-0.3, -0.25) is 0 Å². The first-order valence-corrected chi connectivity index (χ1v) is 15.1. The quantitative estimate of drug-likeness (QED) is 0.345. The van der Waals surface area contributed by atoms with Crippen molar-refractivity contribution >= 4 is 17.4 Å². The van der Waals surface area contributed by atoms with E-state index in [1.54, 1.807) is 7.11 Å². The van der Waals surface area contributed by atoms with Crippen molar-refractivity contribution in [2.75, 3.05) is 70.0 Å². The molecule has 0 aliphatic carbocycles. The topological polar surface area (TPSA) is 72.4 Å². The molecule has 7 nitrogen and oxygen atoms in total. The Morgan fingerprint density at radius 1 is 1.13 bits per heavy atom. The van der Waals surface area contributed by atoms with Crippen LogP contribution in [0.1, 0.15) is 36.0 Å². The first kappa shape index (κ1) is 29.2. The fourth-order valence-electron chi connectivity index (χ4n) is 5.26. The second-order valence-corrected chi connectivity index (χ2v) is 11.3.